The lowest BCUT2D eigenvalue weighted by atomic mass is 10.0. The van der Waals surface area contributed by atoms with Gasteiger partial charge in [-0.15, -0.1) is 22.7 Å². The van der Waals surface area contributed by atoms with Crippen molar-refractivity contribution in [3.63, 3.8) is 0 Å². The van der Waals surface area contributed by atoms with Crippen LogP contribution in [0.25, 0.3) is 20.8 Å². The molecular weight excluding hydrogens is 428 g/mol. The highest BCUT2D eigenvalue weighted by Crippen LogP contribution is 2.44. The number of rotatable bonds is 6. The number of thiophene rings is 1. The summed E-state index contributed by atoms with van der Waals surface area (Å²) < 4.78 is 1.13. The highest BCUT2D eigenvalue weighted by Gasteiger charge is 2.38. The van der Waals surface area contributed by atoms with E-state index in [1.54, 1.807) is 28.9 Å². The van der Waals surface area contributed by atoms with E-state index < -0.39 is 0 Å². The maximum atomic E-state index is 12.8. The number of hydrogen-bond donors (Lipinski definition) is 4. The van der Waals surface area contributed by atoms with Crippen LogP contribution in [0.3, 0.4) is 0 Å². The van der Waals surface area contributed by atoms with Crippen LogP contribution in [0.2, 0.25) is 0 Å². The quantitative estimate of drug-likeness (QED) is 0.458. The first-order valence-corrected chi connectivity index (χ1v) is 12.7. The Morgan fingerprint density at radius 2 is 2.26 bits per heavy atom. The number of carbonyl (C=O) groups excluding carboxylic acids is 1. The molecule has 1 aliphatic carbocycles. The fourth-order valence-corrected chi connectivity index (χ4v) is 7.49. The topological polar surface area (TPSA) is 91.0 Å². The lowest BCUT2D eigenvalue weighted by Crippen LogP contribution is -2.42. The van der Waals surface area contributed by atoms with Gasteiger partial charge in [0.2, 0.25) is 5.91 Å². The van der Waals surface area contributed by atoms with Gasteiger partial charge in [0.05, 0.1) is 10.9 Å². The van der Waals surface area contributed by atoms with Crippen molar-refractivity contribution in [2.45, 2.75) is 44.3 Å². The number of nitrogens with one attached hydrogen (secondary N) is 4. The standard InChI is InChI=1S/C22H26N6OS2/c29-19(3-6-25-15-8-13-7-12(15)9-26-13)28-22-20(14-1-4-24-11-18(14)31-22)21-27-16-10-23-5-2-17(16)30-21/h2,5,10,12-13,15,24-26H,1,3-4,6-9,11H2,(H,28,29). The molecule has 1 saturated carbocycles. The van der Waals surface area contributed by atoms with E-state index in [9.17, 15) is 4.79 Å². The number of nitrogens with zero attached hydrogens (tertiary/aromatic N) is 2. The molecule has 5 heterocycles. The largest absolute Gasteiger partial charge is 0.317 e. The minimum atomic E-state index is 0.0735. The molecule has 3 aromatic rings. The van der Waals surface area contributed by atoms with E-state index in [0.29, 0.717) is 18.5 Å². The normalized spacial score (nSPS) is 24.6. The van der Waals surface area contributed by atoms with Gasteiger partial charge in [-0.25, -0.2) is 4.98 Å². The Balaban J connectivity index is 1.19. The first-order chi connectivity index (χ1) is 15.2. The summed E-state index contributed by atoms with van der Waals surface area (Å²) in [5.41, 5.74) is 3.36. The van der Waals surface area contributed by atoms with Crippen LogP contribution in [0, 0.1) is 5.92 Å². The van der Waals surface area contributed by atoms with Crippen LogP contribution in [0.15, 0.2) is 18.5 Å². The maximum absolute atomic E-state index is 12.8. The first-order valence-electron chi connectivity index (χ1n) is 11.1. The molecule has 2 bridgehead atoms. The van der Waals surface area contributed by atoms with Gasteiger partial charge >= 0.3 is 0 Å². The van der Waals surface area contributed by atoms with Crippen molar-refractivity contribution in [1.29, 1.82) is 0 Å². The number of piperidine rings is 1. The number of hydrogen-bond acceptors (Lipinski definition) is 8. The van der Waals surface area contributed by atoms with Crippen molar-refractivity contribution in [3.8, 4) is 10.6 Å². The second-order valence-corrected chi connectivity index (χ2v) is 10.8. The van der Waals surface area contributed by atoms with Crippen molar-refractivity contribution in [2.75, 3.05) is 25.0 Å². The zero-order valence-electron chi connectivity index (χ0n) is 17.2. The van der Waals surface area contributed by atoms with Gasteiger partial charge in [-0.3, -0.25) is 9.78 Å². The second-order valence-electron chi connectivity index (χ2n) is 8.69. The van der Waals surface area contributed by atoms with Crippen molar-refractivity contribution >= 4 is 43.8 Å². The van der Waals surface area contributed by atoms with E-state index in [4.69, 9.17) is 4.98 Å². The smallest absolute Gasteiger partial charge is 0.226 e. The number of pyridine rings is 1. The van der Waals surface area contributed by atoms with Crippen LogP contribution in [-0.2, 0) is 17.8 Å². The van der Waals surface area contributed by atoms with Crippen LogP contribution in [0.1, 0.15) is 29.7 Å². The number of thiazole rings is 1. The first kappa shape index (κ1) is 19.8. The molecule has 3 unspecified atom stereocenters. The number of aromatic nitrogens is 2. The average Bonchev–Trinajstić information content (AvgIpc) is 3.55. The summed E-state index contributed by atoms with van der Waals surface area (Å²) in [4.78, 5) is 23.2. The van der Waals surface area contributed by atoms with Gasteiger partial charge in [0.25, 0.3) is 0 Å². The summed E-state index contributed by atoms with van der Waals surface area (Å²) in [7, 11) is 0. The summed E-state index contributed by atoms with van der Waals surface area (Å²) >= 11 is 3.37. The zero-order valence-corrected chi connectivity index (χ0v) is 18.9. The molecule has 162 valence electrons. The molecule has 9 heteroatoms. The van der Waals surface area contributed by atoms with E-state index in [0.717, 1.165) is 64.3 Å². The molecule has 1 amide bonds. The van der Waals surface area contributed by atoms with E-state index in [1.165, 1.54) is 23.3 Å². The fraction of sp³-hybridized carbons (Fsp3) is 0.500. The summed E-state index contributed by atoms with van der Waals surface area (Å²) in [5, 5.41) is 15.7. The van der Waals surface area contributed by atoms with Crippen molar-refractivity contribution in [3.05, 3.63) is 28.9 Å². The zero-order chi connectivity index (χ0) is 20.8. The van der Waals surface area contributed by atoms with Crippen LogP contribution in [0.4, 0.5) is 5.00 Å². The molecule has 7 nitrogen and oxygen atoms in total. The maximum Gasteiger partial charge on any atom is 0.226 e. The summed E-state index contributed by atoms with van der Waals surface area (Å²) in [6.07, 6.45) is 7.54. The third-order valence-electron chi connectivity index (χ3n) is 6.71. The van der Waals surface area contributed by atoms with Crippen LogP contribution in [0.5, 0.6) is 0 Å². The molecule has 0 radical (unpaired) electrons. The number of amides is 1. The summed E-state index contributed by atoms with van der Waals surface area (Å²) in [5.74, 6) is 0.800. The molecule has 0 spiro atoms. The lowest BCUT2D eigenvalue weighted by Gasteiger charge is -2.23. The highest BCUT2D eigenvalue weighted by molar-refractivity contribution is 7.22. The lowest BCUT2D eigenvalue weighted by molar-refractivity contribution is -0.116. The van der Waals surface area contributed by atoms with Gasteiger partial charge in [-0.1, -0.05) is 0 Å². The third kappa shape index (κ3) is 3.78. The van der Waals surface area contributed by atoms with Gasteiger partial charge in [0.15, 0.2) is 0 Å². The van der Waals surface area contributed by atoms with Gasteiger partial charge < -0.3 is 21.3 Å². The molecule has 3 aromatic heterocycles. The Morgan fingerprint density at radius 1 is 1.29 bits per heavy atom. The molecule has 0 aromatic carbocycles. The Bertz CT molecular complexity index is 1090. The van der Waals surface area contributed by atoms with Crippen LogP contribution >= 0.6 is 22.7 Å². The molecule has 4 N–H and O–H groups in total. The molecular formula is C22H26N6OS2. The predicted molar refractivity (Wildman–Crippen MR) is 126 cm³/mol. The van der Waals surface area contributed by atoms with Crippen molar-refractivity contribution < 1.29 is 4.79 Å². The van der Waals surface area contributed by atoms with Gasteiger partial charge in [0.1, 0.15) is 15.5 Å². The van der Waals surface area contributed by atoms with Crippen molar-refractivity contribution in [2.24, 2.45) is 5.92 Å². The minimum Gasteiger partial charge on any atom is -0.317 e. The SMILES string of the molecule is O=C(CCNC1CC2CC1CN2)Nc1sc2c(c1-c1nc3cnccc3s1)CCNC2. The Hall–Kier alpha value is -1.91. The molecule has 31 heavy (non-hydrogen) atoms. The third-order valence-corrected chi connectivity index (χ3v) is 8.91. The fourth-order valence-electron chi connectivity index (χ4n) is 5.18. The Labute approximate surface area is 189 Å². The van der Waals surface area contributed by atoms with E-state index in [2.05, 4.69) is 26.3 Å². The average molecular weight is 455 g/mol. The minimum absolute atomic E-state index is 0.0735. The van der Waals surface area contributed by atoms with Gasteiger partial charge in [-0.2, -0.15) is 0 Å². The monoisotopic (exact) mass is 454 g/mol. The van der Waals surface area contributed by atoms with Crippen molar-refractivity contribution in [1.82, 2.24) is 25.9 Å². The molecule has 6 rings (SSSR count). The molecule has 2 fully saturated rings. The number of fused-ring (bicyclic) bond motifs is 4. The molecule has 3 aliphatic rings. The van der Waals surface area contributed by atoms with E-state index >= 15 is 0 Å². The molecule has 3 atom stereocenters. The highest BCUT2D eigenvalue weighted by atomic mass is 32.1. The predicted octanol–water partition coefficient (Wildman–Crippen LogP) is 2.73. The van der Waals surface area contributed by atoms with E-state index in [1.807, 2.05) is 12.3 Å². The van der Waals surface area contributed by atoms with Gasteiger partial charge in [-0.05, 0) is 49.9 Å². The number of carbonyl (C=O) groups is 1. The number of anilines is 1. The summed E-state index contributed by atoms with van der Waals surface area (Å²) in [6.45, 7) is 3.66. The Morgan fingerprint density at radius 3 is 3.10 bits per heavy atom. The summed E-state index contributed by atoms with van der Waals surface area (Å²) in [6, 6.07) is 3.24. The van der Waals surface area contributed by atoms with E-state index in [-0.39, 0.29) is 5.91 Å². The van der Waals surface area contributed by atoms with Crippen LogP contribution < -0.4 is 21.3 Å². The Kier molecular flexibility index (Phi) is 5.23. The molecule has 1 saturated heterocycles. The second kappa shape index (κ2) is 8.22. The molecule has 2 aliphatic heterocycles. The van der Waals surface area contributed by atoms with Crippen LogP contribution in [-0.4, -0.2) is 47.6 Å². The van der Waals surface area contributed by atoms with Gasteiger partial charge in [0, 0.05) is 48.2 Å².